The van der Waals surface area contributed by atoms with E-state index in [-0.39, 0.29) is 0 Å². The molecule has 0 bridgehead atoms. The SMILES string of the molecule is C(=Cc1ccccc1)CSc1nnc(CSc2nc3ccccc3s2)o1. The van der Waals surface area contributed by atoms with Crippen molar-refractivity contribution in [2.45, 2.75) is 15.3 Å². The molecule has 0 saturated carbocycles. The van der Waals surface area contributed by atoms with E-state index >= 15 is 0 Å². The predicted molar refractivity (Wildman–Crippen MR) is 110 cm³/mol. The molecule has 0 radical (unpaired) electrons. The Morgan fingerprint density at radius 1 is 0.962 bits per heavy atom. The van der Waals surface area contributed by atoms with Gasteiger partial charge in [-0.1, -0.05) is 78.1 Å². The van der Waals surface area contributed by atoms with Gasteiger partial charge in [0.15, 0.2) is 4.34 Å². The van der Waals surface area contributed by atoms with Gasteiger partial charge in [0.25, 0.3) is 5.22 Å². The van der Waals surface area contributed by atoms with Crippen LogP contribution < -0.4 is 0 Å². The Morgan fingerprint density at radius 2 is 1.81 bits per heavy atom. The van der Waals surface area contributed by atoms with Crippen molar-refractivity contribution < 1.29 is 4.42 Å². The molecule has 0 fully saturated rings. The molecule has 0 aliphatic carbocycles. The van der Waals surface area contributed by atoms with Crippen LogP contribution in [0.4, 0.5) is 0 Å². The fourth-order valence-corrected chi connectivity index (χ4v) is 4.75. The third-order valence-electron chi connectivity index (χ3n) is 3.45. The molecular weight excluding hydrogens is 382 g/mol. The Kier molecular flexibility index (Phi) is 5.68. The van der Waals surface area contributed by atoms with Crippen LogP contribution in [0.15, 0.2) is 74.7 Å². The first-order valence-electron chi connectivity index (χ1n) is 8.02. The summed E-state index contributed by atoms with van der Waals surface area (Å²) in [6, 6.07) is 18.4. The zero-order valence-electron chi connectivity index (χ0n) is 13.7. The number of hydrogen-bond acceptors (Lipinski definition) is 7. The van der Waals surface area contributed by atoms with Crippen LogP contribution in [-0.2, 0) is 5.75 Å². The lowest BCUT2D eigenvalue weighted by molar-refractivity contribution is 0.427. The van der Waals surface area contributed by atoms with Gasteiger partial charge in [-0.3, -0.25) is 0 Å². The molecule has 2 heterocycles. The van der Waals surface area contributed by atoms with Crippen molar-refractivity contribution in [1.82, 2.24) is 15.2 Å². The van der Waals surface area contributed by atoms with E-state index < -0.39 is 0 Å². The normalized spacial score (nSPS) is 11.5. The first-order valence-corrected chi connectivity index (χ1v) is 10.8. The molecule has 26 heavy (non-hydrogen) atoms. The molecule has 0 atom stereocenters. The Balaban J connectivity index is 1.28. The van der Waals surface area contributed by atoms with E-state index in [1.165, 1.54) is 22.0 Å². The minimum absolute atomic E-state index is 0.600. The maximum Gasteiger partial charge on any atom is 0.276 e. The topological polar surface area (TPSA) is 51.8 Å². The zero-order chi connectivity index (χ0) is 17.6. The predicted octanol–water partition coefficient (Wildman–Crippen LogP) is 5.78. The van der Waals surface area contributed by atoms with Crippen LogP contribution in [0, 0.1) is 0 Å². The summed E-state index contributed by atoms with van der Waals surface area (Å²) in [6.45, 7) is 0. The summed E-state index contributed by atoms with van der Waals surface area (Å²) in [7, 11) is 0. The van der Waals surface area contributed by atoms with Gasteiger partial charge in [-0.15, -0.1) is 21.5 Å². The third kappa shape index (κ3) is 4.55. The van der Waals surface area contributed by atoms with E-state index in [1.807, 2.05) is 36.4 Å². The lowest BCUT2D eigenvalue weighted by atomic mass is 10.2. The lowest BCUT2D eigenvalue weighted by Gasteiger charge is -1.92. The summed E-state index contributed by atoms with van der Waals surface area (Å²) < 4.78 is 7.91. The fraction of sp³-hybridized carbons (Fsp3) is 0.105. The van der Waals surface area contributed by atoms with Gasteiger partial charge < -0.3 is 4.42 Å². The van der Waals surface area contributed by atoms with Crippen LogP contribution in [0.25, 0.3) is 16.3 Å². The number of hydrogen-bond donors (Lipinski definition) is 0. The molecule has 4 aromatic rings. The van der Waals surface area contributed by atoms with Crippen molar-refractivity contribution in [2.24, 2.45) is 0 Å². The molecule has 2 aromatic carbocycles. The second kappa shape index (κ2) is 8.53. The highest BCUT2D eigenvalue weighted by Crippen LogP contribution is 2.31. The largest absolute Gasteiger partial charge is 0.415 e. The van der Waals surface area contributed by atoms with Crippen LogP contribution >= 0.6 is 34.9 Å². The van der Waals surface area contributed by atoms with E-state index in [0.717, 1.165) is 15.6 Å². The first kappa shape index (κ1) is 17.3. The molecule has 130 valence electrons. The highest BCUT2D eigenvalue weighted by molar-refractivity contribution is 8.00. The van der Waals surface area contributed by atoms with Crippen LogP contribution in [0.5, 0.6) is 0 Å². The summed E-state index contributed by atoms with van der Waals surface area (Å²) in [5.74, 6) is 2.05. The van der Waals surface area contributed by atoms with E-state index in [9.17, 15) is 0 Å². The molecule has 0 spiro atoms. The van der Waals surface area contributed by atoms with E-state index in [2.05, 4.69) is 45.5 Å². The Labute approximate surface area is 163 Å². The maximum atomic E-state index is 5.69. The second-order valence-corrected chi connectivity index (χ2v) is 8.55. The minimum atomic E-state index is 0.600. The van der Waals surface area contributed by atoms with E-state index in [1.54, 1.807) is 23.1 Å². The third-order valence-corrected chi connectivity index (χ3v) is 6.39. The van der Waals surface area contributed by atoms with Gasteiger partial charge in [-0.2, -0.15) is 0 Å². The van der Waals surface area contributed by atoms with Gasteiger partial charge in [-0.05, 0) is 17.7 Å². The average molecular weight is 398 g/mol. The summed E-state index contributed by atoms with van der Waals surface area (Å²) in [6.07, 6.45) is 4.19. The molecule has 0 saturated heterocycles. The molecule has 0 aliphatic heterocycles. The molecule has 0 aliphatic rings. The minimum Gasteiger partial charge on any atom is -0.415 e. The molecule has 2 aromatic heterocycles. The van der Waals surface area contributed by atoms with E-state index in [0.29, 0.717) is 16.9 Å². The Morgan fingerprint density at radius 3 is 2.69 bits per heavy atom. The van der Waals surface area contributed by atoms with E-state index in [4.69, 9.17) is 4.42 Å². The quantitative estimate of drug-likeness (QED) is 0.369. The number of benzene rings is 2. The van der Waals surface area contributed by atoms with Gasteiger partial charge in [0, 0.05) is 5.75 Å². The molecule has 0 amide bonds. The molecule has 0 unspecified atom stereocenters. The number of rotatable bonds is 7. The molecule has 7 heteroatoms. The van der Waals surface area contributed by atoms with Gasteiger partial charge in [0.05, 0.1) is 16.0 Å². The average Bonchev–Trinajstić information content (AvgIpc) is 3.30. The van der Waals surface area contributed by atoms with Crippen LogP contribution in [-0.4, -0.2) is 20.9 Å². The first-order chi connectivity index (χ1) is 12.9. The van der Waals surface area contributed by atoms with Crippen LogP contribution in [0.2, 0.25) is 0 Å². The Hall–Kier alpha value is -2.09. The maximum absolute atomic E-state index is 5.69. The van der Waals surface area contributed by atoms with Crippen molar-refractivity contribution >= 4 is 51.2 Å². The lowest BCUT2D eigenvalue weighted by Crippen LogP contribution is -1.79. The summed E-state index contributed by atoms with van der Waals surface area (Å²) in [5, 5.41) is 8.81. The zero-order valence-corrected chi connectivity index (χ0v) is 16.2. The van der Waals surface area contributed by atoms with Crippen LogP contribution in [0.1, 0.15) is 11.5 Å². The summed E-state index contributed by atoms with van der Waals surface area (Å²) in [4.78, 5) is 4.60. The van der Waals surface area contributed by atoms with Gasteiger partial charge in [0.2, 0.25) is 5.89 Å². The summed E-state index contributed by atoms with van der Waals surface area (Å²) in [5.41, 5.74) is 2.22. The number of thioether (sulfide) groups is 2. The number of nitrogens with zero attached hydrogens (tertiary/aromatic N) is 3. The monoisotopic (exact) mass is 397 g/mol. The standard InChI is InChI=1S/C19H15N3OS3/c1-2-7-14(8-3-1)9-6-12-24-18-22-21-17(23-18)13-25-19-20-15-10-4-5-11-16(15)26-19/h1-11H,12-13H2. The van der Waals surface area contributed by atoms with Crippen molar-refractivity contribution in [3.8, 4) is 0 Å². The van der Waals surface area contributed by atoms with Gasteiger partial charge >= 0.3 is 0 Å². The van der Waals surface area contributed by atoms with Crippen molar-refractivity contribution in [3.63, 3.8) is 0 Å². The number of aromatic nitrogens is 3. The van der Waals surface area contributed by atoms with Crippen LogP contribution in [0.3, 0.4) is 0 Å². The molecule has 0 N–H and O–H groups in total. The molecule has 4 rings (SSSR count). The number of fused-ring (bicyclic) bond motifs is 1. The van der Waals surface area contributed by atoms with Gasteiger partial charge in [0.1, 0.15) is 0 Å². The number of para-hydroxylation sites is 1. The highest BCUT2D eigenvalue weighted by atomic mass is 32.2. The van der Waals surface area contributed by atoms with Crippen molar-refractivity contribution in [3.05, 3.63) is 72.1 Å². The smallest absolute Gasteiger partial charge is 0.276 e. The van der Waals surface area contributed by atoms with Crippen molar-refractivity contribution in [2.75, 3.05) is 5.75 Å². The fourth-order valence-electron chi connectivity index (χ4n) is 2.26. The number of thiazole rings is 1. The van der Waals surface area contributed by atoms with Gasteiger partial charge in [-0.25, -0.2) is 4.98 Å². The summed E-state index contributed by atoms with van der Waals surface area (Å²) >= 11 is 4.85. The Bertz CT molecular complexity index is 978. The molecule has 4 nitrogen and oxygen atoms in total. The van der Waals surface area contributed by atoms with Crippen molar-refractivity contribution in [1.29, 1.82) is 0 Å². The highest BCUT2D eigenvalue weighted by Gasteiger charge is 2.09. The molecular formula is C19H15N3OS3. The second-order valence-electron chi connectivity index (χ2n) is 5.32.